The molecule has 2 unspecified atom stereocenters. The quantitative estimate of drug-likeness (QED) is 0.836. The minimum absolute atomic E-state index is 0.0747. The van der Waals surface area contributed by atoms with E-state index in [1.54, 1.807) is 0 Å². The second-order valence-corrected chi connectivity index (χ2v) is 5.20. The van der Waals surface area contributed by atoms with E-state index >= 15 is 0 Å². The highest BCUT2D eigenvalue weighted by molar-refractivity contribution is 5.60. The van der Waals surface area contributed by atoms with Gasteiger partial charge >= 0.3 is 6.18 Å². The second kappa shape index (κ2) is 4.76. The van der Waals surface area contributed by atoms with Gasteiger partial charge in [0.2, 0.25) is 0 Å². The average molecular weight is 268 g/mol. The number of nitriles is 1. The molecule has 0 heterocycles. The first-order valence-electron chi connectivity index (χ1n) is 6.15. The van der Waals surface area contributed by atoms with Crippen LogP contribution in [-0.4, -0.2) is 13.6 Å². The standard InChI is InChI=1S/C14H15F3N2/c1-9-5-11(9)8-19(2)13-4-3-12(14(15,16)17)6-10(13)7-18/h3-4,6,9,11H,5,8H2,1-2H3. The van der Waals surface area contributed by atoms with Gasteiger partial charge in [-0.2, -0.15) is 18.4 Å². The SMILES string of the molecule is CC1CC1CN(C)c1ccc(C(F)(F)F)cc1C#N. The van der Waals surface area contributed by atoms with Crippen LogP contribution in [-0.2, 0) is 6.18 Å². The van der Waals surface area contributed by atoms with Gasteiger partial charge in [-0.3, -0.25) is 0 Å². The van der Waals surface area contributed by atoms with Crippen molar-refractivity contribution in [1.82, 2.24) is 0 Å². The molecule has 5 heteroatoms. The van der Waals surface area contributed by atoms with Crippen molar-refractivity contribution in [3.63, 3.8) is 0 Å². The molecular formula is C14H15F3N2. The van der Waals surface area contributed by atoms with Crippen molar-refractivity contribution < 1.29 is 13.2 Å². The van der Waals surface area contributed by atoms with E-state index in [4.69, 9.17) is 5.26 Å². The van der Waals surface area contributed by atoms with E-state index in [2.05, 4.69) is 6.92 Å². The van der Waals surface area contributed by atoms with Crippen LogP contribution in [0.25, 0.3) is 0 Å². The lowest BCUT2D eigenvalue weighted by Crippen LogP contribution is -2.21. The predicted molar refractivity (Wildman–Crippen MR) is 66.7 cm³/mol. The molecule has 1 aromatic carbocycles. The molecule has 1 aromatic rings. The van der Waals surface area contributed by atoms with Gasteiger partial charge in [0.15, 0.2) is 0 Å². The maximum atomic E-state index is 12.6. The number of nitrogens with zero attached hydrogens (tertiary/aromatic N) is 2. The minimum atomic E-state index is -4.41. The van der Waals surface area contributed by atoms with Crippen LogP contribution in [0.15, 0.2) is 18.2 Å². The zero-order chi connectivity index (χ0) is 14.2. The third-order valence-corrected chi connectivity index (χ3v) is 3.64. The van der Waals surface area contributed by atoms with Crippen LogP contribution in [0.1, 0.15) is 24.5 Å². The number of benzene rings is 1. The fourth-order valence-corrected chi connectivity index (χ4v) is 2.24. The van der Waals surface area contributed by atoms with Crippen molar-refractivity contribution in [2.45, 2.75) is 19.5 Å². The molecule has 0 saturated heterocycles. The highest BCUT2D eigenvalue weighted by Gasteiger charge is 2.34. The first kappa shape index (κ1) is 13.7. The first-order chi connectivity index (χ1) is 8.82. The molecule has 19 heavy (non-hydrogen) atoms. The smallest absolute Gasteiger partial charge is 0.373 e. The fourth-order valence-electron chi connectivity index (χ4n) is 2.24. The molecule has 1 saturated carbocycles. The molecule has 0 bridgehead atoms. The van der Waals surface area contributed by atoms with Gasteiger partial charge in [-0.1, -0.05) is 6.92 Å². The Morgan fingerprint density at radius 3 is 2.53 bits per heavy atom. The minimum Gasteiger partial charge on any atom is -0.373 e. The van der Waals surface area contributed by atoms with E-state index in [0.717, 1.165) is 25.1 Å². The van der Waals surface area contributed by atoms with Crippen molar-refractivity contribution >= 4 is 5.69 Å². The van der Waals surface area contributed by atoms with Crippen molar-refractivity contribution in [3.05, 3.63) is 29.3 Å². The topological polar surface area (TPSA) is 27.0 Å². The summed E-state index contributed by atoms with van der Waals surface area (Å²) < 4.78 is 37.8. The van der Waals surface area contributed by atoms with E-state index < -0.39 is 11.7 Å². The highest BCUT2D eigenvalue weighted by atomic mass is 19.4. The summed E-state index contributed by atoms with van der Waals surface area (Å²) in [6, 6.07) is 5.19. The van der Waals surface area contributed by atoms with E-state index in [9.17, 15) is 13.2 Å². The molecule has 2 nitrogen and oxygen atoms in total. The lowest BCUT2D eigenvalue weighted by atomic mass is 10.1. The summed E-state index contributed by atoms with van der Waals surface area (Å²) in [6.07, 6.45) is -3.26. The van der Waals surface area contributed by atoms with E-state index in [-0.39, 0.29) is 5.56 Å². The maximum Gasteiger partial charge on any atom is 0.416 e. The monoisotopic (exact) mass is 268 g/mol. The van der Waals surface area contributed by atoms with E-state index in [1.807, 2.05) is 18.0 Å². The normalized spacial score (nSPS) is 21.9. The number of halogens is 3. The maximum absolute atomic E-state index is 12.6. The second-order valence-electron chi connectivity index (χ2n) is 5.20. The number of hydrogen-bond acceptors (Lipinski definition) is 2. The van der Waals surface area contributed by atoms with Crippen molar-refractivity contribution in [1.29, 1.82) is 5.26 Å². The summed E-state index contributed by atoms with van der Waals surface area (Å²) in [5.41, 5.74) is -0.138. The molecular weight excluding hydrogens is 253 g/mol. The largest absolute Gasteiger partial charge is 0.416 e. The van der Waals surface area contributed by atoms with Crippen LogP contribution in [0.2, 0.25) is 0 Å². The molecule has 1 fully saturated rings. The van der Waals surface area contributed by atoms with Crippen LogP contribution < -0.4 is 4.90 Å². The van der Waals surface area contributed by atoms with Gasteiger partial charge in [-0.05, 0) is 36.5 Å². The Morgan fingerprint density at radius 2 is 2.05 bits per heavy atom. The fraction of sp³-hybridized carbons (Fsp3) is 0.500. The summed E-state index contributed by atoms with van der Waals surface area (Å²) in [5.74, 6) is 1.25. The molecule has 0 N–H and O–H groups in total. The molecule has 2 atom stereocenters. The van der Waals surface area contributed by atoms with Crippen molar-refractivity contribution in [2.24, 2.45) is 11.8 Å². The Balaban J connectivity index is 2.23. The van der Waals surface area contributed by atoms with Gasteiger partial charge < -0.3 is 4.90 Å². The lowest BCUT2D eigenvalue weighted by Gasteiger charge is -2.21. The summed E-state index contributed by atoms with van der Waals surface area (Å²) in [6.45, 7) is 2.93. The van der Waals surface area contributed by atoms with Gasteiger partial charge in [0.1, 0.15) is 6.07 Å². The molecule has 0 amide bonds. The number of alkyl halides is 3. The number of hydrogen-bond donors (Lipinski definition) is 0. The van der Waals surface area contributed by atoms with Crippen LogP contribution in [0.3, 0.4) is 0 Å². The highest BCUT2D eigenvalue weighted by Crippen LogP contribution is 2.39. The van der Waals surface area contributed by atoms with E-state index in [1.165, 1.54) is 6.07 Å². The molecule has 1 aliphatic rings. The Hall–Kier alpha value is -1.70. The third kappa shape index (κ3) is 3.01. The zero-order valence-corrected chi connectivity index (χ0v) is 10.8. The molecule has 0 spiro atoms. The van der Waals surface area contributed by atoms with E-state index in [0.29, 0.717) is 17.5 Å². The van der Waals surface area contributed by atoms with Crippen LogP contribution in [0.4, 0.5) is 18.9 Å². The van der Waals surface area contributed by atoms with Crippen molar-refractivity contribution in [3.8, 4) is 6.07 Å². The van der Waals surface area contributed by atoms with Crippen LogP contribution in [0.5, 0.6) is 0 Å². The van der Waals surface area contributed by atoms with Gasteiger partial charge in [0.05, 0.1) is 16.8 Å². The van der Waals surface area contributed by atoms with Crippen molar-refractivity contribution in [2.75, 3.05) is 18.5 Å². The molecule has 1 aliphatic carbocycles. The Morgan fingerprint density at radius 1 is 1.42 bits per heavy atom. The van der Waals surface area contributed by atoms with Crippen LogP contribution in [0, 0.1) is 23.2 Å². The lowest BCUT2D eigenvalue weighted by molar-refractivity contribution is -0.137. The Kier molecular flexibility index (Phi) is 3.44. The number of rotatable bonds is 3. The number of anilines is 1. The Bertz CT molecular complexity index is 516. The molecule has 2 rings (SSSR count). The van der Waals surface area contributed by atoms with Gasteiger partial charge in [-0.25, -0.2) is 0 Å². The molecule has 0 aromatic heterocycles. The molecule has 102 valence electrons. The summed E-state index contributed by atoms with van der Waals surface area (Å²) >= 11 is 0. The third-order valence-electron chi connectivity index (χ3n) is 3.64. The summed E-state index contributed by atoms with van der Waals surface area (Å²) in [4.78, 5) is 1.87. The summed E-state index contributed by atoms with van der Waals surface area (Å²) in [5, 5.41) is 9.02. The zero-order valence-electron chi connectivity index (χ0n) is 10.8. The predicted octanol–water partition coefficient (Wildman–Crippen LogP) is 3.67. The first-order valence-corrected chi connectivity index (χ1v) is 6.15. The molecule has 0 aliphatic heterocycles. The van der Waals surface area contributed by atoms with Gasteiger partial charge in [-0.15, -0.1) is 0 Å². The molecule has 0 radical (unpaired) electrons. The average Bonchev–Trinajstić information content (AvgIpc) is 3.02. The van der Waals surface area contributed by atoms with Gasteiger partial charge in [0.25, 0.3) is 0 Å². The van der Waals surface area contributed by atoms with Gasteiger partial charge in [0, 0.05) is 13.6 Å². The Labute approximate surface area is 110 Å². The van der Waals surface area contributed by atoms with Crippen LogP contribution >= 0.6 is 0 Å². The summed E-state index contributed by atoms with van der Waals surface area (Å²) in [7, 11) is 1.81.